The van der Waals surface area contributed by atoms with Crippen molar-refractivity contribution < 1.29 is 9.18 Å². The van der Waals surface area contributed by atoms with Crippen LogP contribution in [0.15, 0.2) is 30.6 Å². The summed E-state index contributed by atoms with van der Waals surface area (Å²) in [6, 6.07) is 4.85. The highest BCUT2D eigenvalue weighted by atomic mass is 35.5. The van der Waals surface area contributed by atoms with Gasteiger partial charge in [0.25, 0.3) is 5.91 Å². The minimum absolute atomic E-state index is 0.0145. The molecule has 1 amide bonds. The van der Waals surface area contributed by atoms with Crippen LogP contribution in [0.25, 0.3) is 0 Å². The van der Waals surface area contributed by atoms with E-state index < -0.39 is 11.7 Å². The summed E-state index contributed by atoms with van der Waals surface area (Å²) in [6.45, 7) is 2.27. The van der Waals surface area contributed by atoms with Gasteiger partial charge in [-0.05, 0) is 24.1 Å². The van der Waals surface area contributed by atoms with Crippen molar-refractivity contribution in [2.24, 2.45) is 0 Å². The zero-order valence-electron chi connectivity index (χ0n) is 10.9. The molecular formula is C14H13ClFN3O. The van der Waals surface area contributed by atoms with E-state index in [0.717, 1.165) is 29.9 Å². The van der Waals surface area contributed by atoms with Crippen LogP contribution in [-0.4, -0.2) is 15.9 Å². The number of hydrogen-bond donors (Lipinski definition) is 1. The fraction of sp³-hybridized carbons (Fsp3) is 0.214. The number of rotatable bonds is 4. The summed E-state index contributed by atoms with van der Waals surface area (Å²) in [7, 11) is 0. The largest absolute Gasteiger partial charge is 0.346 e. The summed E-state index contributed by atoms with van der Waals surface area (Å²) in [6.07, 6.45) is 3.45. The van der Waals surface area contributed by atoms with Gasteiger partial charge in [-0.25, -0.2) is 9.37 Å². The number of carbonyl (C=O) groups excluding carboxylic acids is 1. The normalized spacial score (nSPS) is 10.3. The van der Waals surface area contributed by atoms with E-state index in [1.165, 1.54) is 0 Å². The number of pyridine rings is 2. The van der Waals surface area contributed by atoms with Crippen LogP contribution in [0.5, 0.6) is 0 Å². The molecule has 1 N–H and O–H groups in total. The third-order valence-electron chi connectivity index (χ3n) is 2.83. The Labute approximate surface area is 121 Å². The van der Waals surface area contributed by atoms with Gasteiger partial charge in [0, 0.05) is 6.20 Å². The number of nitrogens with zero attached hydrogens (tertiary/aromatic N) is 2. The Morgan fingerprint density at radius 2 is 2.25 bits per heavy atom. The third-order valence-corrected chi connectivity index (χ3v) is 3.13. The van der Waals surface area contributed by atoms with Gasteiger partial charge in [0.15, 0.2) is 0 Å². The van der Waals surface area contributed by atoms with E-state index in [-0.39, 0.29) is 17.3 Å². The van der Waals surface area contributed by atoms with Crippen LogP contribution in [0, 0.1) is 5.82 Å². The molecule has 2 aromatic rings. The zero-order chi connectivity index (χ0) is 14.5. The van der Waals surface area contributed by atoms with E-state index in [4.69, 9.17) is 11.6 Å². The maximum atomic E-state index is 13.1. The summed E-state index contributed by atoms with van der Waals surface area (Å²) >= 11 is 5.78. The topological polar surface area (TPSA) is 54.9 Å². The second-order valence-electron chi connectivity index (χ2n) is 4.14. The van der Waals surface area contributed by atoms with E-state index in [1.807, 2.05) is 19.1 Å². The van der Waals surface area contributed by atoms with Crippen LogP contribution >= 0.6 is 11.6 Å². The lowest BCUT2D eigenvalue weighted by Gasteiger charge is -2.09. The van der Waals surface area contributed by atoms with E-state index >= 15 is 0 Å². The summed E-state index contributed by atoms with van der Waals surface area (Å²) < 4.78 is 13.1. The maximum absolute atomic E-state index is 13.1. The van der Waals surface area contributed by atoms with Crippen molar-refractivity contribution in [3.63, 3.8) is 0 Å². The number of aryl methyl sites for hydroxylation is 1. The maximum Gasteiger partial charge on any atom is 0.254 e. The van der Waals surface area contributed by atoms with Gasteiger partial charge in [0.1, 0.15) is 11.0 Å². The fourth-order valence-corrected chi connectivity index (χ4v) is 1.98. The number of nitrogens with one attached hydrogen (secondary N) is 1. The molecule has 2 aromatic heterocycles. The fourth-order valence-electron chi connectivity index (χ4n) is 1.79. The molecule has 2 heterocycles. The van der Waals surface area contributed by atoms with Crippen molar-refractivity contribution in [3.05, 3.63) is 58.4 Å². The van der Waals surface area contributed by atoms with Crippen molar-refractivity contribution in [2.45, 2.75) is 19.9 Å². The van der Waals surface area contributed by atoms with Gasteiger partial charge >= 0.3 is 0 Å². The monoisotopic (exact) mass is 293 g/mol. The molecular weight excluding hydrogens is 281 g/mol. The van der Waals surface area contributed by atoms with Crippen LogP contribution in [0.1, 0.15) is 28.5 Å². The highest BCUT2D eigenvalue weighted by molar-refractivity contribution is 6.32. The minimum atomic E-state index is -0.605. The van der Waals surface area contributed by atoms with Gasteiger partial charge in [0.05, 0.1) is 24.0 Å². The van der Waals surface area contributed by atoms with Gasteiger partial charge in [-0.15, -0.1) is 0 Å². The molecule has 0 bridgehead atoms. The molecule has 0 atom stereocenters. The summed E-state index contributed by atoms with van der Waals surface area (Å²) in [4.78, 5) is 19.8. The second kappa shape index (κ2) is 6.43. The first-order chi connectivity index (χ1) is 9.61. The van der Waals surface area contributed by atoms with Crippen LogP contribution in [0.4, 0.5) is 4.39 Å². The van der Waals surface area contributed by atoms with Crippen molar-refractivity contribution in [3.8, 4) is 0 Å². The molecule has 0 spiro atoms. The smallest absolute Gasteiger partial charge is 0.254 e. The average Bonchev–Trinajstić information content (AvgIpc) is 2.47. The molecule has 0 aliphatic heterocycles. The van der Waals surface area contributed by atoms with Crippen molar-refractivity contribution in [1.29, 1.82) is 0 Å². The Bertz CT molecular complexity index is 634. The predicted molar refractivity (Wildman–Crippen MR) is 74.0 cm³/mol. The van der Waals surface area contributed by atoms with Gasteiger partial charge in [-0.1, -0.05) is 24.6 Å². The van der Waals surface area contributed by atoms with Gasteiger partial charge in [-0.2, -0.15) is 0 Å². The minimum Gasteiger partial charge on any atom is -0.346 e. The molecule has 0 saturated carbocycles. The third kappa shape index (κ3) is 3.30. The number of hydrogen-bond acceptors (Lipinski definition) is 3. The quantitative estimate of drug-likeness (QED) is 0.882. The summed E-state index contributed by atoms with van der Waals surface area (Å²) in [5.41, 5.74) is 1.85. The van der Waals surface area contributed by atoms with E-state index in [1.54, 1.807) is 6.20 Å². The molecule has 0 aliphatic carbocycles. The lowest BCUT2D eigenvalue weighted by molar-refractivity contribution is 0.0949. The van der Waals surface area contributed by atoms with Crippen LogP contribution < -0.4 is 5.32 Å². The first-order valence-corrected chi connectivity index (χ1v) is 6.51. The van der Waals surface area contributed by atoms with Gasteiger partial charge in [0.2, 0.25) is 0 Å². The number of aromatic nitrogens is 2. The molecule has 0 fully saturated rings. The van der Waals surface area contributed by atoms with E-state index in [2.05, 4.69) is 15.3 Å². The molecule has 0 aliphatic rings. The summed E-state index contributed by atoms with van der Waals surface area (Å²) in [5, 5.41) is 2.64. The number of halogens is 2. The number of carbonyl (C=O) groups is 1. The van der Waals surface area contributed by atoms with Crippen LogP contribution in [0.2, 0.25) is 5.15 Å². The highest BCUT2D eigenvalue weighted by Crippen LogP contribution is 2.14. The number of amides is 1. The van der Waals surface area contributed by atoms with Crippen molar-refractivity contribution in [1.82, 2.24) is 15.3 Å². The molecule has 6 heteroatoms. The van der Waals surface area contributed by atoms with Crippen molar-refractivity contribution >= 4 is 17.5 Å². The molecule has 0 unspecified atom stereocenters. The molecule has 0 saturated heterocycles. The van der Waals surface area contributed by atoms with Crippen LogP contribution in [0.3, 0.4) is 0 Å². The lowest BCUT2D eigenvalue weighted by atomic mass is 10.1. The van der Waals surface area contributed by atoms with Crippen LogP contribution in [-0.2, 0) is 13.0 Å². The molecule has 20 heavy (non-hydrogen) atoms. The summed E-state index contributed by atoms with van der Waals surface area (Å²) in [5.74, 6) is -1.08. The second-order valence-corrected chi connectivity index (χ2v) is 4.50. The van der Waals surface area contributed by atoms with Gasteiger partial charge < -0.3 is 5.32 Å². The molecule has 0 aromatic carbocycles. The van der Waals surface area contributed by atoms with Gasteiger partial charge in [-0.3, -0.25) is 9.78 Å². The average molecular weight is 294 g/mol. The van der Waals surface area contributed by atoms with E-state index in [9.17, 15) is 9.18 Å². The molecule has 4 nitrogen and oxygen atoms in total. The molecule has 104 valence electrons. The Balaban J connectivity index is 2.11. The lowest BCUT2D eigenvalue weighted by Crippen LogP contribution is -2.24. The Morgan fingerprint density at radius 1 is 1.45 bits per heavy atom. The molecule has 2 rings (SSSR count). The predicted octanol–water partition coefficient (Wildman–Crippen LogP) is 2.76. The Hall–Kier alpha value is -2.01. The highest BCUT2D eigenvalue weighted by Gasteiger charge is 2.13. The Kier molecular flexibility index (Phi) is 4.63. The first kappa shape index (κ1) is 14.4. The standard InChI is InChI=1S/C14H13ClFN3O/c1-2-9-4-3-5-17-12(9)8-19-14(20)11-6-10(16)7-18-13(11)15/h3-7H,2,8H2,1H3,(H,19,20). The van der Waals surface area contributed by atoms with E-state index in [0.29, 0.717) is 0 Å². The first-order valence-electron chi connectivity index (χ1n) is 6.13. The van der Waals surface area contributed by atoms with Crippen molar-refractivity contribution in [2.75, 3.05) is 0 Å². The zero-order valence-corrected chi connectivity index (χ0v) is 11.6. The molecule has 0 radical (unpaired) electrons. The SMILES string of the molecule is CCc1cccnc1CNC(=O)c1cc(F)cnc1Cl. The Morgan fingerprint density at radius 3 is 3.00 bits per heavy atom.